The van der Waals surface area contributed by atoms with Gasteiger partial charge in [0, 0.05) is 30.1 Å². The predicted octanol–water partition coefficient (Wildman–Crippen LogP) is 2.91. The predicted molar refractivity (Wildman–Crippen MR) is 69.3 cm³/mol. The highest BCUT2D eigenvalue weighted by Gasteiger charge is 2.07. The van der Waals surface area contributed by atoms with Gasteiger partial charge in [0.15, 0.2) is 0 Å². The zero-order valence-corrected chi connectivity index (χ0v) is 10.0. The number of rotatable bonds is 3. The van der Waals surface area contributed by atoms with Gasteiger partial charge in [-0.05, 0) is 18.2 Å². The van der Waals surface area contributed by atoms with Gasteiger partial charge in [-0.1, -0.05) is 23.2 Å². The summed E-state index contributed by atoms with van der Waals surface area (Å²) < 4.78 is 0. The second-order valence-electron chi connectivity index (χ2n) is 3.33. The van der Waals surface area contributed by atoms with Crippen LogP contribution in [0.1, 0.15) is 0 Å². The molecule has 3 N–H and O–H groups in total. The normalized spacial score (nSPS) is 10.7. The van der Waals surface area contributed by atoms with Crippen molar-refractivity contribution >= 4 is 39.8 Å². The van der Waals surface area contributed by atoms with Gasteiger partial charge in [-0.15, -0.1) is 0 Å². The van der Waals surface area contributed by atoms with Gasteiger partial charge >= 0.3 is 0 Å². The largest absolute Gasteiger partial charge is 0.368 e. The first-order chi connectivity index (χ1) is 7.74. The number of hydrogen-bond donors (Lipinski definition) is 2. The fraction of sp³-hybridized carbons (Fsp3) is 0.182. The summed E-state index contributed by atoms with van der Waals surface area (Å²) in [5.74, 6) is 0.779. The van der Waals surface area contributed by atoms with Gasteiger partial charge in [0.2, 0.25) is 0 Å². The maximum atomic E-state index is 6.12. The molecule has 2 rings (SSSR count). The number of benzene rings is 1. The number of halogens is 2. The first-order valence-electron chi connectivity index (χ1n) is 4.90. The number of hydrogen-bond acceptors (Lipinski definition) is 3. The Morgan fingerprint density at radius 1 is 1.19 bits per heavy atom. The van der Waals surface area contributed by atoms with Crippen LogP contribution in [-0.2, 0) is 0 Å². The van der Waals surface area contributed by atoms with Crippen molar-refractivity contribution in [1.82, 2.24) is 4.98 Å². The van der Waals surface area contributed by atoms with Crippen LogP contribution in [0, 0.1) is 0 Å². The average Bonchev–Trinajstić information content (AvgIpc) is 2.31. The van der Waals surface area contributed by atoms with Crippen LogP contribution >= 0.6 is 23.2 Å². The highest BCUT2D eigenvalue weighted by molar-refractivity contribution is 6.45. The molecule has 0 saturated heterocycles. The van der Waals surface area contributed by atoms with Crippen molar-refractivity contribution in [1.29, 1.82) is 0 Å². The van der Waals surface area contributed by atoms with Crippen molar-refractivity contribution in [3.63, 3.8) is 0 Å². The molecule has 3 nitrogen and oxygen atoms in total. The molecule has 0 fully saturated rings. The zero-order chi connectivity index (χ0) is 11.5. The van der Waals surface area contributed by atoms with Crippen LogP contribution in [0.25, 0.3) is 10.8 Å². The van der Waals surface area contributed by atoms with E-state index < -0.39 is 0 Å². The molecular formula is C11H11Cl2N3. The van der Waals surface area contributed by atoms with E-state index in [1.807, 2.05) is 12.1 Å². The highest BCUT2D eigenvalue weighted by Crippen LogP contribution is 2.32. The second kappa shape index (κ2) is 4.87. The van der Waals surface area contributed by atoms with Gasteiger partial charge in [0.1, 0.15) is 5.82 Å². The first-order valence-corrected chi connectivity index (χ1v) is 5.66. The lowest BCUT2D eigenvalue weighted by molar-refractivity contribution is 1.02. The topological polar surface area (TPSA) is 50.9 Å². The van der Waals surface area contributed by atoms with Crippen LogP contribution in [-0.4, -0.2) is 18.1 Å². The number of nitrogens with one attached hydrogen (secondary N) is 1. The molecule has 0 aliphatic carbocycles. The molecule has 0 radical (unpaired) electrons. The van der Waals surface area contributed by atoms with Crippen molar-refractivity contribution < 1.29 is 0 Å². The lowest BCUT2D eigenvalue weighted by Gasteiger charge is -2.09. The molecular weight excluding hydrogens is 245 g/mol. The molecule has 0 saturated carbocycles. The van der Waals surface area contributed by atoms with Gasteiger partial charge in [-0.2, -0.15) is 0 Å². The SMILES string of the molecule is NCCNc1nccc2c(Cl)c(Cl)ccc12. The molecule has 0 spiro atoms. The lowest BCUT2D eigenvalue weighted by Crippen LogP contribution is -2.14. The molecule has 0 atom stereocenters. The number of nitrogens with zero attached hydrogens (tertiary/aromatic N) is 1. The molecule has 0 aliphatic heterocycles. The zero-order valence-electron chi connectivity index (χ0n) is 8.50. The van der Waals surface area contributed by atoms with E-state index in [4.69, 9.17) is 28.9 Å². The second-order valence-corrected chi connectivity index (χ2v) is 4.12. The van der Waals surface area contributed by atoms with Gasteiger partial charge in [-0.3, -0.25) is 0 Å². The Hall–Kier alpha value is -1.03. The lowest BCUT2D eigenvalue weighted by atomic mass is 10.1. The van der Waals surface area contributed by atoms with Crippen molar-refractivity contribution in [3.8, 4) is 0 Å². The van der Waals surface area contributed by atoms with E-state index in [1.165, 1.54) is 0 Å². The van der Waals surface area contributed by atoms with Crippen molar-refractivity contribution in [2.24, 2.45) is 5.73 Å². The molecule has 1 aromatic carbocycles. The summed E-state index contributed by atoms with van der Waals surface area (Å²) in [6.45, 7) is 1.23. The van der Waals surface area contributed by atoms with Crippen molar-refractivity contribution in [2.45, 2.75) is 0 Å². The van der Waals surface area contributed by atoms with E-state index in [9.17, 15) is 0 Å². The van der Waals surface area contributed by atoms with Crippen molar-refractivity contribution in [2.75, 3.05) is 18.4 Å². The number of aromatic nitrogens is 1. The quantitative estimate of drug-likeness (QED) is 0.887. The summed E-state index contributed by atoms with van der Waals surface area (Å²) in [6.07, 6.45) is 1.70. The fourth-order valence-corrected chi connectivity index (χ4v) is 1.92. The molecule has 0 aliphatic rings. The summed E-state index contributed by atoms with van der Waals surface area (Å²) in [4.78, 5) is 4.25. The van der Waals surface area contributed by atoms with Gasteiger partial charge in [-0.25, -0.2) is 4.98 Å². The molecule has 84 valence electrons. The maximum Gasteiger partial charge on any atom is 0.133 e. The molecule has 2 aromatic rings. The van der Waals surface area contributed by atoms with E-state index >= 15 is 0 Å². The number of pyridine rings is 1. The van der Waals surface area contributed by atoms with Crippen LogP contribution < -0.4 is 11.1 Å². The summed E-state index contributed by atoms with van der Waals surface area (Å²) in [5, 5.41) is 6.09. The molecule has 1 aromatic heterocycles. The number of fused-ring (bicyclic) bond motifs is 1. The van der Waals surface area contributed by atoms with Crippen LogP contribution in [0.3, 0.4) is 0 Å². The van der Waals surface area contributed by atoms with Gasteiger partial charge in [0.25, 0.3) is 0 Å². The van der Waals surface area contributed by atoms with E-state index in [-0.39, 0.29) is 0 Å². The van der Waals surface area contributed by atoms with Crippen LogP contribution in [0.15, 0.2) is 24.4 Å². The third-order valence-electron chi connectivity index (χ3n) is 2.27. The summed E-state index contributed by atoms with van der Waals surface area (Å²) in [6, 6.07) is 5.51. The summed E-state index contributed by atoms with van der Waals surface area (Å²) >= 11 is 12.1. The number of anilines is 1. The maximum absolute atomic E-state index is 6.12. The minimum atomic E-state index is 0.546. The Bertz CT molecular complexity index is 514. The van der Waals surface area contributed by atoms with Crippen molar-refractivity contribution in [3.05, 3.63) is 34.4 Å². The fourth-order valence-electron chi connectivity index (χ4n) is 1.52. The third kappa shape index (κ3) is 2.07. The van der Waals surface area contributed by atoms with Crippen LogP contribution in [0.2, 0.25) is 10.0 Å². The monoisotopic (exact) mass is 255 g/mol. The third-order valence-corrected chi connectivity index (χ3v) is 3.09. The Morgan fingerprint density at radius 3 is 2.75 bits per heavy atom. The Kier molecular flexibility index (Phi) is 3.49. The minimum absolute atomic E-state index is 0.546. The highest BCUT2D eigenvalue weighted by atomic mass is 35.5. The number of nitrogens with two attached hydrogens (primary N) is 1. The van der Waals surface area contributed by atoms with Crippen LogP contribution in [0.5, 0.6) is 0 Å². The minimum Gasteiger partial charge on any atom is -0.368 e. The smallest absolute Gasteiger partial charge is 0.133 e. The van der Waals surface area contributed by atoms with E-state index in [0.717, 1.165) is 16.6 Å². The average molecular weight is 256 g/mol. The van der Waals surface area contributed by atoms with Crippen LogP contribution in [0.4, 0.5) is 5.82 Å². The molecule has 0 bridgehead atoms. The summed E-state index contributed by atoms with van der Waals surface area (Å²) in [5.41, 5.74) is 5.44. The van der Waals surface area contributed by atoms with Gasteiger partial charge in [0.05, 0.1) is 10.0 Å². The summed E-state index contributed by atoms with van der Waals surface area (Å²) in [7, 11) is 0. The van der Waals surface area contributed by atoms with E-state index in [1.54, 1.807) is 12.3 Å². The molecule has 1 heterocycles. The first kappa shape index (κ1) is 11.5. The molecule has 5 heteroatoms. The Labute approximate surface area is 104 Å². The molecule has 0 amide bonds. The van der Waals surface area contributed by atoms with Gasteiger partial charge < -0.3 is 11.1 Å². The standard InChI is InChI=1S/C11H11Cl2N3/c12-9-2-1-8-7(10(9)13)3-5-15-11(8)16-6-4-14/h1-3,5H,4,6,14H2,(H,15,16). The Morgan fingerprint density at radius 2 is 2.00 bits per heavy atom. The Balaban J connectivity index is 2.56. The molecule has 0 unspecified atom stereocenters. The van der Waals surface area contributed by atoms with E-state index in [0.29, 0.717) is 23.1 Å². The van der Waals surface area contributed by atoms with E-state index in [2.05, 4.69) is 10.3 Å². The molecule has 16 heavy (non-hydrogen) atoms.